The minimum Gasteiger partial charge on any atom is -0.478 e. The molecule has 2 aromatic carbocycles. The molecule has 1 aliphatic rings. The topological polar surface area (TPSA) is 110 Å². The molecule has 1 amide bonds. The number of nitrogens with zero attached hydrogens (tertiary/aromatic N) is 3. The summed E-state index contributed by atoms with van der Waals surface area (Å²) in [7, 11) is 0. The van der Waals surface area contributed by atoms with Crippen molar-refractivity contribution in [2.75, 3.05) is 13.1 Å². The zero-order valence-electron chi connectivity index (χ0n) is 18.7. The minimum atomic E-state index is -1.10. The first-order chi connectivity index (χ1) is 17.2. The van der Waals surface area contributed by atoms with Gasteiger partial charge in [0.2, 0.25) is 17.8 Å². The van der Waals surface area contributed by atoms with E-state index in [4.69, 9.17) is 11.6 Å². The van der Waals surface area contributed by atoms with Crippen molar-refractivity contribution < 1.29 is 33.4 Å². The summed E-state index contributed by atoms with van der Waals surface area (Å²) in [4.78, 5) is 33.5. The van der Waals surface area contributed by atoms with E-state index in [1.54, 1.807) is 11.0 Å². The van der Waals surface area contributed by atoms with Gasteiger partial charge < -0.3 is 15.0 Å². The molecule has 11 heteroatoms. The van der Waals surface area contributed by atoms with Crippen molar-refractivity contribution in [1.29, 1.82) is 0 Å². The van der Waals surface area contributed by atoms with Crippen molar-refractivity contribution in [3.8, 4) is 11.1 Å². The number of rotatable bonds is 6. The van der Waals surface area contributed by atoms with E-state index in [9.17, 15) is 28.7 Å². The molecule has 8 nitrogen and oxygen atoms in total. The molecule has 36 heavy (non-hydrogen) atoms. The zero-order valence-corrected chi connectivity index (χ0v) is 19.5. The molecule has 1 fully saturated rings. The van der Waals surface area contributed by atoms with E-state index < -0.39 is 29.1 Å². The van der Waals surface area contributed by atoms with Gasteiger partial charge in [0, 0.05) is 30.3 Å². The molecule has 0 bridgehead atoms. The summed E-state index contributed by atoms with van der Waals surface area (Å²) in [6.45, 7) is 1.28. The van der Waals surface area contributed by atoms with E-state index in [0.717, 1.165) is 24.8 Å². The van der Waals surface area contributed by atoms with Gasteiger partial charge in [-0.3, -0.25) is 10.0 Å². The number of aromatic carboxylic acids is 1. The second-order valence-corrected chi connectivity index (χ2v) is 8.96. The fourth-order valence-corrected chi connectivity index (χ4v) is 4.41. The number of hydrogen-bond donors (Lipinski definition) is 3. The second-order valence-electron chi connectivity index (χ2n) is 8.56. The van der Waals surface area contributed by atoms with E-state index in [0.29, 0.717) is 34.7 Å². The van der Waals surface area contributed by atoms with Crippen molar-refractivity contribution >= 4 is 34.5 Å². The lowest BCUT2D eigenvalue weighted by Gasteiger charge is -2.31. The molecule has 1 saturated heterocycles. The Morgan fingerprint density at radius 1 is 1.17 bits per heavy atom. The van der Waals surface area contributed by atoms with Crippen LogP contribution in [0.4, 0.5) is 8.78 Å². The van der Waals surface area contributed by atoms with Crippen molar-refractivity contribution in [3.05, 3.63) is 82.4 Å². The number of benzene rings is 2. The highest BCUT2D eigenvalue weighted by molar-refractivity contribution is 6.31. The number of nitrogens with one attached hydrogen (secondary N) is 1. The number of halogens is 3. The minimum absolute atomic E-state index is 0.0363. The number of hydrogen-bond acceptors (Lipinski definition) is 4. The Labute approximate surface area is 208 Å². The van der Waals surface area contributed by atoms with Crippen LogP contribution in [0.2, 0.25) is 5.02 Å². The number of carboxylic acids is 1. The Kier molecular flexibility index (Phi) is 6.05. The highest BCUT2D eigenvalue weighted by Gasteiger charge is 2.34. The number of aromatic amines is 1. The number of carboxylic acid groups (broad SMARTS) is 1. The SMILES string of the molecule is O=C(O)c1ccc2nc(C(CC(=O)N3CCC3)c3ccc(-c4c(F)ccc(Cl)c4F)c[n+]3O)[nH]c2c1. The van der Waals surface area contributed by atoms with Crippen LogP contribution < -0.4 is 4.73 Å². The Balaban J connectivity index is 1.58. The summed E-state index contributed by atoms with van der Waals surface area (Å²) in [5, 5.41) is 19.9. The maximum atomic E-state index is 14.5. The molecule has 0 saturated carbocycles. The molecule has 0 aliphatic carbocycles. The van der Waals surface area contributed by atoms with Gasteiger partial charge >= 0.3 is 5.97 Å². The Morgan fingerprint density at radius 2 is 1.94 bits per heavy atom. The molecule has 4 aromatic rings. The summed E-state index contributed by atoms with van der Waals surface area (Å²) in [5.74, 6) is -3.47. The van der Waals surface area contributed by atoms with Crippen LogP contribution in [-0.4, -0.2) is 50.1 Å². The number of aromatic nitrogens is 3. The van der Waals surface area contributed by atoms with Gasteiger partial charge in [-0.15, -0.1) is 0 Å². The van der Waals surface area contributed by atoms with Crippen molar-refractivity contribution in [2.45, 2.75) is 18.8 Å². The summed E-state index contributed by atoms with van der Waals surface area (Å²) in [6, 6.07) is 9.42. The zero-order chi connectivity index (χ0) is 25.6. The maximum Gasteiger partial charge on any atom is 0.335 e. The predicted molar refractivity (Wildman–Crippen MR) is 125 cm³/mol. The average Bonchev–Trinajstić information content (AvgIpc) is 3.22. The summed E-state index contributed by atoms with van der Waals surface area (Å²) >= 11 is 5.81. The monoisotopic (exact) mass is 513 g/mol. The van der Waals surface area contributed by atoms with E-state index >= 15 is 0 Å². The number of amides is 1. The van der Waals surface area contributed by atoms with Crippen LogP contribution in [0.15, 0.2) is 48.7 Å². The first kappa shape index (κ1) is 23.7. The molecule has 3 heterocycles. The quantitative estimate of drug-likeness (QED) is 0.204. The molecule has 5 rings (SSSR count). The van der Waals surface area contributed by atoms with Crippen LogP contribution >= 0.6 is 11.6 Å². The largest absolute Gasteiger partial charge is 0.478 e. The number of imidazole rings is 1. The number of carbonyl (C=O) groups excluding carboxylic acids is 1. The lowest BCUT2D eigenvalue weighted by molar-refractivity contribution is -0.909. The second kappa shape index (κ2) is 9.19. The van der Waals surface area contributed by atoms with Crippen molar-refractivity contribution in [1.82, 2.24) is 14.9 Å². The molecule has 1 aliphatic heterocycles. The molecule has 1 atom stereocenters. The third-order valence-electron chi connectivity index (χ3n) is 6.31. The molecule has 184 valence electrons. The van der Waals surface area contributed by atoms with Crippen molar-refractivity contribution in [2.24, 2.45) is 0 Å². The normalized spacial score (nSPS) is 14.0. The van der Waals surface area contributed by atoms with Crippen LogP contribution in [0.25, 0.3) is 22.2 Å². The van der Waals surface area contributed by atoms with E-state index in [1.807, 2.05) is 0 Å². The van der Waals surface area contributed by atoms with Crippen LogP contribution in [0.5, 0.6) is 0 Å². The Hall–Kier alpha value is -4.05. The van der Waals surface area contributed by atoms with Crippen molar-refractivity contribution in [3.63, 3.8) is 0 Å². The lowest BCUT2D eigenvalue weighted by atomic mass is 9.96. The molecule has 0 spiro atoms. The first-order valence-corrected chi connectivity index (χ1v) is 11.5. The van der Waals surface area contributed by atoms with Crippen LogP contribution in [0, 0.1) is 11.6 Å². The smallest absolute Gasteiger partial charge is 0.335 e. The third kappa shape index (κ3) is 4.24. The van der Waals surface area contributed by atoms with E-state index in [2.05, 4.69) is 9.97 Å². The molecule has 0 radical (unpaired) electrons. The van der Waals surface area contributed by atoms with Crippen LogP contribution in [-0.2, 0) is 4.79 Å². The van der Waals surface area contributed by atoms with Crippen LogP contribution in [0.1, 0.15) is 40.6 Å². The Morgan fingerprint density at radius 3 is 2.61 bits per heavy atom. The number of carbonyl (C=O) groups is 2. The number of fused-ring (bicyclic) bond motifs is 1. The van der Waals surface area contributed by atoms with Gasteiger partial charge in [-0.2, -0.15) is 0 Å². The van der Waals surface area contributed by atoms with Gasteiger partial charge in [-0.25, -0.2) is 18.6 Å². The lowest BCUT2D eigenvalue weighted by Crippen LogP contribution is -2.44. The third-order valence-corrected chi connectivity index (χ3v) is 6.61. The Bertz CT molecular complexity index is 1520. The molecule has 2 aromatic heterocycles. The van der Waals surface area contributed by atoms with Gasteiger partial charge in [0.1, 0.15) is 17.6 Å². The van der Waals surface area contributed by atoms with Crippen LogP contribution in [0.3, 0.4) is 0 Å². The van der Waals surface area contributed by atoms with Gasteiger partial charge in [-0.1, -0.05) is 11.6 Å². The molecule has 3 N–H and O–H groups in total. The highest BCUT2D eigenvalue weighted by atomic mass is 35.5. The summed E-state index contributed by atoms with van der Waals surface area (Å²) < 4.78 is 29.6. The summed E-state index contributed by atoms with van der Waals surface area (Å²) in [6.07, 6.45) is 2.01. The number of H-pyrrole nitrogens is 1. The standard InChI is InChI=1S/C25H19ClF2N4O4/c26-16-4-5-17(27)22(23(16)28)14-3-7-20(32(36)12-14)15(11-21(33)31-8-1-9-31)24-29-18-6-2-13(25(34)35)10-19(18)30-24/h2-7,10,12,15H,1,8-9,11H2,(H2-,29,30,34,35,36)/p+1. The molecular weight excluding hydrogens is 494 g/mol. The fourth-order valence-electron chi connectivity index (χ4n) is 4.25. The fraction of sp³-hybridized carbons (Fsp3) is 0.200. The highest BCUT2D eigenvalue weighted by Crippen LogP contribution is 2.32. The first-order valence-electron chi connectivity index (χ1n) is 11.1. The average molecular weight is 514 g/mol. The van der Waals surface area contributed by atoms with Gasteiger partial charge in [0.05, 0.1) is 32.7 Å². The van der Waals surface area contributed by atoms with E-state index in [1.165, 1.54) is 24.3 Å². The van der Waals surface area contributed by atoms with E-state index in [-0.39, 0.29) is 34.2 Å². The molecular formula is C25H20ClF2N4O4+. The number of pyridine rings is 1. The molecule has 1 unspecified atom stereocenters. The van der Waals surface area contributed by atoms with Gasteiger partial charge in [0.15, 0.2) is 5.82 Å². The number of likely N-dealkylation sites (tertiary alicyclic amines) is 1. The summed E-state index contributed by atoms with van der Waals surface area (Å²) in [5.41, 5.74) is 0.902. The van der Waals surface area contributed by atoms with Gasteiger partial charge in [0.25, 0.3) is 0 Å². The maximum absolute atomic E-state index is 14.5. The van der Waals surface area contributed by atoms with Gasteiger partial charge in [-0.05, 0) is 42.8 Å². The predicted octanol–water partition coefficient (Wildman–Crippen LogP) is 4.14.